The van der Waals surface area contributed by atoms with Gasteiger partial charge in [0.15, 0.2) is 0 Å². The van der Waals surface area contributed by atoms with Crippen LogP contribution < -0.4 is 5.73 Å². The zero-order chi connectivity index (χ0) is 13.6. The summed E-state index contributed by atoms with van der Waals surface area (Å²) < 4.78 is 0. The van der Waals surface area contributed by atoms with Gasteiger partial charge in [-0.1, -0.05) is 43.7 Å². The van der Waals surface area contributed by atoms with Crippen LogP contribution in [0.5, 0.6) is 0 Å². The Bertz CT molecular complexity index is 379. The molecule has 1 unspecified atom stereocenters. The fraction of sp³-hybridized carbons (Fsp3) is 0.533. The highest BCUT2D eigenvalue weighted by molar-refractivity contribution is 5.85. The van der Waals surface area contributed by atoms with E-state index in [1.807, 2.05) is 39.1 Å². The molecule has 0 saturated heterocycles. The zero-order valence-electron chi connectivity index (χ0n) is 12.1. The van der Waals surface area contributed by atoms with E-state index >= 15 is 0 Å². The Kier molecular flexibility index (Phi) is 7.72. The summed E-state index contributed by atoms with van der Waals surface area (Å²) in [5.41, 5.74) is 6.56. The monoisotopic (exact) mass is 284 g/mol. The van der Waals surface area contributed by atoms with Crippen molar-refractivity contribution in [3.05, 3.63) is 35.9 Å². The van der Waals surface area contributed by atoms with Gasteiger partial charge in [0.25, 0.3) is 0 Å². The minimum absolute atomic E-state index is 0. The molecule has 0 spiro atoms. The number of nitrogens with two attached hydrogens (primary N) is 1. The van der Waals surface area contributed by atoms with E-state index in [0.29, 0.717) is 6.54 Å². The van der Waals surface area contributed by atoms with Crippen molar-refractivity contribution in [3.63, 3.8) is 0 Å². The second kappa shape index (κ2) is 8.18. The van der Waals surface area contributed by atoms with Gasteiger partial charge < -0.3 is 10.6 Å². The number of carbonyl (C=O) groups is 1. The van der Waals surface area contributed by atoms with Crippen LogP contribution in [0.15, 0.2) is 30.3 Å². The fourth-order valence-corrected chi connectivity index (χ4v) is 2.11. The van der Waals surface area contributed by atoms with Crippen molar-refractivity contribution >= 4 is 18.3 Å². The maximum atomic E-state index is 12.2. The van der Waals surface area contributed by atoms with Crippen molar-refractivity contribution in [2.24, 2.45) is 5.73 Å². The predicted octanol–water partition coefficient (Wildman–Crippen LogP) is 2.63. The summed E-state index contributed by atoms with van der Waals surface area (Å²) in [6.07, 6.45) is 2.51. The van der Waals surface area contributed by atoms with Gasteiger partial charge in [-0.05, 0) is 25.3 Å². The van der Waals surface area contributed by atoms with E-state index in [2.05, 4.69) is 12.1 Å². The summed E-state index contributed by atoms with van der Waals surface area (Å²) in [5, 5.41) is 0. The number of rotatable bonds is 6. The number of carbonyl (C=O) groups excluding carboxylic acids is 1. The molecular formula is C15H25ClN2O. The van der Waals surface area contributed by atoms with Crippen molar-refractivity contribution in [1.29, 1.82) is 0 Å². The van der Waals surface area contributed by atoms with Gasteiger partial charge in [-0.3, -0.25) is 4.79 Å². The van der Waals surface area contributed by atoms with Crippen LogP contribution in [0.4, 0.5) is 0 Å². The van der Waals surface area contributed by atoms with Gasteiger partial charge in [0.2, 0.25) is 5.91 Å². The van der Waals surface area contributed by atoms with Gasteiger partial charge in [0.1, 0.15) is 0 Å². The molecule has 4 heteroatoms. The molecule has 0 saturated carbocycles. The molecule has 1 amide bonds. The lowest BCUT2D eigenvalue weighted by atomic mass is 9.96. The van der Waals surface area contributed by atoms with Crippen molar-refractivity contribution in [3.8, 4) is 0 Å². The fourth-order valence-electron chi connectivity index (χ4n) is 2.11. The molecule has 0 aromatic heterocycles. The van der Waals surface area contributed by atoms with Crippen LogP contribution in [0.25, 0.3) is 0 Å². The van der Waals surface area contributed by atoms with Crippen molar-refractivity contribution in [1.82, 2.24) is 4.90 Å². The van der Waals surface area contributed by atoms with Crippen LogP contribution in [0.2, 0.25) is 0 Å². The SMILES string of the molecule is CCCC(C)(N)C(=O)N(C)CCc1ccccc1.Cl. The second-order valence-electron chi connectivity index (χ2n) is 5.13. The number of hydrogen-bond acceptors (Lipinski definition) is 2. The third kappa shape index (κ3) is 5.62. The molecular weight excluding hydrogens is 260 g/mol. The highest BCUT2D eigenvalue weighted by Crippen LogP contribution is 2.12. The molecule has 0 aliphatic heterocycles. The van der Waals surface area contributed by atoms with Crippen LogP contribution in [0, 0.1) is 0 Å². The standard InChI is InChI=1S/C15H24N2O.ClH/c1-4-11-15(2,16)14(18)17(3)12-10-13-8-6-5-7-9-13;/h5-9H,4,10-12,16H2,1-3H3;1H. The highest BCUT2D eigenvalue weighted by atomic mass is 35.5. The van der Waals surface area contributed by atoms with Gasteiger partial charge in [-0.25, -0.2) is 0 Å². The van der Waals surface area contributed by atoms with E-state index in [4.69, 9.17) is 5.73 Å². The molecule has 2 N–H and O–H groups in total. The number of hydrogen-bond donors (Lipinski definition) is 1. The Morgan fingerprint density at radius 1 is 1.32 bits per heavy atom. The maximum absolute atomic E-state index is 12.2. The molecule has 1 aromatic carbocycles. The van der Waals surface area contributed by atoms with Crippen molar-refractivity contribution in [2.45, 2.75) is 38.6 Å². The molecule has 1 aromatic rings. The third-order valence-corrected chi connectivity index (χ3v) is 3.18. The Labute approximate surface area is 122 Å². The lowest BCUT2D eigenvalue weighted by molar-refractivity contribution is -0.135. The average Bonchev–Trinajstić information content (AvgIpc) is 2.36. The molecule has 19 heavy (non-hydrogen) atoms. The molecule has 0 aliphatic rings. The Balaban J connectivity index is 0.00000324. The van der Waals surface area contributed by atoms with E-state index in [0.717, 1.165) is 19.3 Å². The van der Waals surface area contributed by atoms with Crippen LogP contribution in [-0.2, 0) is 11.2 Å². The number of benzene rings is 1. The number of amides is 1. The molecule has 0 aliphatic carbocycles. The lowest BCUT2D eigenvalue weighted by Crippen LogP contribution is -2.52. The average molecular weight is 285 g/mol. The van der Waals surface area contributed by atoms with Gasteiger partial charge in [-0.15, -0.1) is 12.4 Å². The van der Waals surface area contributed by atoms with Gasteiger partial charge in [0.05, 0.1) is 5.54 Å². The van der Waals surface area contributed by atoms with E-state index in [-0.39, 0.29) is 18.3 Å². The first-order valence-electron chi connectivity index (χ1n) is 6.55. The van der Waals surface area contributed by atoms with Crippen LogP contribution in [-0.4, -0.2) is 29.9 Å². The largest absolute Gasteiger partial charge is 0.344 e. The van der Waals surface area contributed by atoms with Gasteiger partial charge >= 0.3 is 0 Å². The molecule has 0 fully saturated rings. The van der Waals surface area contributed by atoms with Gasteiger partial charge in [-0.2, -0.15) is 0 Å². The highest BCUT2D eigenvalue weighted by Gasteiger charge is 2.29. The van der Waals surface area contributed by atoms with Crippen molar-refractivity contribution < 1.29 is 4.79 Å². The Morgan fingerprint density at radius 3 is 2.42 bits per heavy atom. The molecule has 0 heterocycles. The maximum Gasteiger partial charge on any atom is 0.242 e. The van der Waals surface area contributed by atoms with E-state index in [1.54, 1.807) is 4.90 Å². The van der Waals surface area contributed by atoms with Crippen LogP contribution in [0.3, 0.4) is 0 Å². The molecule has 0 bridgehead atoms. The first-order chi connectivity index (χ1) is 8.47. The molecule has 1 rings (SSSR count). The quantitative estimate of drug-likeness (QED) is 0.873. The minimum Gasteiger partial charge on any atom is -0.344 e. The first-order valence-corrected chi connectivity index (χ1v) is 6.55. The van der Waals surface area contributed by atoms with Gasteiger partial charge in [0, 0.05) is 13.6 Å². The van der Waals surface area contributed by atoms with Crippen molar-refractivity contribution in [2.75, 3.05) is 13.6 Å². The molecule has 108 valence electrons. The minimum atomic E-state index is -0.736. The second-order valence-corrected chi connectivity index (χ2v) is 5.13. The Hall–Kier alpha value is -1.06. The summed E-state index contributed by atoms with van der Waals surface area (Å²) in [6, 6.07) is 10.2. The zero-order valence-corrected chi connectivity index (χ0v) is 12.9. The predicted molar refractivity (Wildman–Crippen MR) is 82.5 cm³/mol. The first kappa shape index (κ1) is 17.9. The van der Waals surface area contributed by atoms with E-state index in [9.17, 15) is 4.79 Å². The smallest absolute Gasteiger partial charge is 0.242 e. The number of nitrogens with zero attached hydrogens (tertiary/aromatic N) is 1. The molecule has 3 nitrogen and oxygen atoms in total. The Morgan fingerprint density at radius 2 is 1.89 bits per heavy atom. The number of halogens is 1. The van der Waals surface area contributed by atoms with Crippen LogP contribution >= 0.6 is 12.4 Å². The summed E-state index contributed by atoms with van der Waals surface area (Å²) in [6.45, 7) is 4.57. The normalized spacial score (nSPS) is 13.3. The van der Waals surface area contributed by atoms with E-state index < -0.39 is 5.54 Å². The lowest BCUT2D eigenvalue weighted by Gasteiger charge is -2.29. The van der Waals surface area contributed by atoms with E-state index in [1.165, 1.54) is 5.56 Å². The molecule has 1 atom stereocenters. The summed E-state index contributed by atoms with van der Waals surface area (Å²) >= 11 is 0. The molecule has 0 radical (unpaired) electrons. The summed E-state index contributed by atoms with van der Waals surface area (Å²) in [7, 11) is 1.83. The third-order valence-electron chi connectivity index (χ3n) is 3.18. The summed E-state index contributed by atoms with van der Waals surface area (Å²) in [5.74, 6) is 0.0280. The van der Waals surface area contributed by atoms with Crippen LogP contribution in [0.1, 0.15) is 32.3 Å². The number of likely N-dealkylation sites (N-methyl/N-ethyl adjacent to an activating group) is 1. The topological polar surface area (TPSA) is 46.3 Å². The summed E-state index contributed by atoms with van der Waals surface area (Å²) in [4.78, 5) is 13.9.